The third kappa shape index (κ3) is 3.85. The van der Waals surface area contributed by atoms with Gasteiger partial charge >= 0.3 is 5.97 Å². The van der Waals surface area contributed by atoms with Crippen molar-refractivity contribution >= 4 is 29.1 Å². The first-order valence-electron chi connectivity index (χ1n) is 5.46. The van der Waals surface area contributed by atoms with Crippen molar-refractivity contribution in [3.8, 4) is 0 Å². The third-order valence-corrected chi connectivity index (χ3v) is 4.36. The molecule has 0 fully saturated rings. The number of methoxy groups -OCH3 is 1. The first kappa shape index (κ1) is 13.1. The van der Waals surface area contributed by atoms with Crippen LogP contribution in [-0.4, -0.2) is 18.1 Å². The molecule has 3 nitrogen and oxygen atoms in total. The summed E-state index contributed by atoms with van der Waals surface area (Å²) >= 11 is 3.32. The number of esters is 1. The number of nitrogens with zero attached hydrogens (tertiary/aromatic N) is 1. The van der Waals surface area contributed by atoms with Gasteiger partial charge < -0.3 is 4.74 Å². The Morgan fingerprint density at radius 1 is 1.39 bits per heavy atom. The fourth-order valence-electron chi connectivity index (χ4n) is 1.38. The van der Waals surface area contributed by atoms with E-state index in [0.717, 1.165) is 16.5 Å². The molecule has 0 atom stereocenters. The van der Waals surface area contributed by atoms with Crippen molar-refractivity contribution in [1.29, 1.82) is 0 Å². The summed E-state index contributed by atoms with van der Waals surface area (Å²) < 4.78 is 4.61. The van der Waals surface area contributed by atoms with Crippen LogP contribution in [0.3, 0.4) is 0 Å². The largest absolute Gasteiger partial charge is 0.469 e. The molecule has 0 bridgehead atoms. The lowest BCUT2D eigenvalue weighted by Crippen LogP contribution is -2.04. The highest BCUT2D eigenvalue weighted by atomic mass is 32.2. The van der Waals surface area contributed by atoms with Gasteiger partial charge in [0, 0.05) is 10.3 Å². The minimum absolute atomic E-state index is 0.248. The Balaban J connectivity index is 1.89. The molecule has 0 saturated heterocycles. The second-order valence-corrected chi connectivity index (χ2v) is 5.58. The molecule has 0 aliphatic rings. The summed E-state index contributed by atoms with van der Waals surface area (Å²) in [5.74, 6) is 0.582. The Kier molecular flexibility index (Phi) is 4.78. The molecular weight excluding hydrogens is 266 g/mol. The van der Waals surface area contributed by atoms with E-state index in [0.29, 0.717) is 0 Å². The van der Waals surface area contributed by atoms with E-state index >= 15 is 0 Å². The van der Waals surface area contributed by atoms with E-state index in [4.69, 9.17) is 0 Å². The van der Waals surface area contributed by atoms with Crippen molar-refractivity contribution in [3.05, 3.63) is 46.4 Å². The molecule has 1 aromatic heterocycles. The van der Waals surface area contributed by atoms with Crippen molar-refractivity contribution in [1.82, 2.24) is 4.98 Å². The maximum atomic E-state index is 11.1. The van der Waals surface area contributed by atoms with Gasteiger partial charge in [-0.05, 0) is 12.1 Å². The van der Waals surface area contributed by atoms with Gasteiger partial charge in [0.25, 0.3) is 0 Å². The van der Waals surface area contributed by atoms with Crippen molar-refractivity contribution in [3.63, 3.8) is 0 Å². The van der Waals surface area contributed by atoms with Crippen molar-refractivity contribution in [2.75, 3.05) is 7.11 Å². The molecule has 2 aromatic rings. The van der Waals surface area contributed by atoms with Crippen LogP contribution in [0.5, 0.6) is 0 Å². The summed E-state index contributed by atoms with van der Waals surface area (Å²) in [7, 11) is 1.39. The predicted octanol–water partition coefficient (Wildman–Crippen LogP) is 3.15. The summed E-state index contributed by atoms with van der Waals surface area (Å²) in [6, 6.07) is 10.2. The van der Waals surface area contributed by atoms with Crippen LogP contribution in [-0.2, 0) is 21.7 Å². The molecule has 0 saturated carbocycles. The fourth-order valence-corrected chi connectivity index (χ4v) is 3.11. The van der Waals surface area contributed by atoms with Gasteiger partial charge in [-0.2, -0.15) is 0 Å². The number of hydrogen-bond donors (Lipinski definition) is 0. The van der Waals surface area contributed by atoms with E-state index in [1.807, 2.05) is 23.6 Å². The van der Waals surface area contributed by atoms with Crippen molar-refractivity contribution < 1.29 is 9.53 Å². The lowest BCUT2D eigenvalue weighted by atomic mass is 10.3. The quantitative estimate of drug-likeness (QED) is 0.622. The van der Waals surface area contributed by atoms with Gasteiger partial charge in [0.05, 0.1) is 25.0 Å². The summed E-state index contributed by atoms with van der Waals surface area (Å²) in [5, 5.41) is 2.94. The smallest absolute Gasteiger partial charge is 0.311 e. The number of thioether (sulfide) groups is 1. The lowest BCUT2D eigenvalue weighted by Gasteiger charge is -1.98. The molecule has 0 spiro atoms. The Morgan fingerprint density at radius 3 is 2.89 bits per heavy atom. The van der Waals surface area contributed by atoms with Gasteiger partial charge in [-0.3, -0.25) is 4.79 Å². The predicted molar refractivity (Wildman–Crippen MR) is 73.8 cm³/mol. The van der Waals surface area contributed by atoms with Crippen LogP contribution in [0, 0.1) is 0 Å². The number of hydrogen-bond acceptors (Lipinski definition) is 5. The zero-order valence-corrected chi connectivity index (χ0v) is 11.6. The van der Waals surface area contributed by atoms with Crippen LogP contribution in [0.15, 0.2) is 40.6 Å². The Labute approximate surface area is 114 Å². The normalized spacial score (nSPS) is 10.3. The average Bonchev–Trinajstić information content (AvgIpc) is 2.85. The van der Waals surface area contributed by atoms with Gasteiger partial charge in [-0.25, -0.2) is 4.98 Å². The number of aromatic nitrogens is 1. The van der Waals surface area contributed by atoms with E-state index < -0.39 is 0 Å². The van der Waals surface area contributed by atoms with E-state index in [1.165, 1.54) is 12.0 Å². The molecule has 1 aromatic carbocycles. The van der Waals surface area contributed by atoms with Crippen LogP contribution < -0.4 is 0 Å². The second-order valence-electron chi connectivity index (χ2n) is 3.59. The third-order valence-electron chi connectivity index (χ3n) is 2.26. The number of rotatable bonds is 5. The Hall–Kier alpha value is -1.33. The highest BCUT2D eigenvalue weighted by Gasteiger charge is 2.07. The summed E-state index contributed by atoms with van der Waals surface area (Å²) in [4.78, 5) is 16.7. The van der Waals surface area contributed by atoms with Crippen LogP contribution in [0.25, 0.3) is 0 Å². The topological polar surface area (TPSA) is 39.2 Å². The van der Waals surface area contributed by atoms with Crippen LogP contribution in [0.2, 0.25) is 0 Å². The molecule has 0 aliphatic carbocycles. The first-order chi connectivity index (χ1) is 8.78. The van der Waals surface area contributed by atoms with Gasteiger partial charge in [-0.1, -0.05) is 18.2 Å². The number of carbonyl (C=O) groups is 1. The number of thiazole rings is 1. The fraction of sp³-hybridized carbons (Fsp3) is 0.231. The zero-order chi connectivity index (χ0) is 12.8. The van der Waals surface area contributed by atoms with E-state index in [-0.39, 0.29) is 12.4 Å². The van der Waals surface area contributed by atoms with E-state index in [1.54, 1.807) is 23.1 Å². The van der Waals surface area contributed by atoms with Crippen molar-refractivity contribution in [2.45, 2.75) is 17.1 Å². The highest BCUT2D eigenvalue weighted by molar-refractivity contribution is 7.98. The lowest BCUT2D eigenvalue weighted by molar-refractivity contribution is -0.139. The summed E-state index contributed by atoms with van der Waals surface area (Å²) in [6.45, 7) is 0. The number of carbonyl (C=O) groups excluding carboxylic acids is 1. The number of benzene rings is 1. The monoisotopic (exact) mass is 279 g/mol. The SMILES string of the molecule is COC(=O)Cc1csc(CSc2ccccc2)n1. The molecule has 5 heteroatoms. The van der Waals surface area contributed by atoms with Crippen LogP contribution in [0.4, 0.5) is 0 Å². The summed E-state index contributed by atoms with van der Waals surface area (Å²) in [5.41, 5.74) is 0.788. The van der Waals surface area contributed by atoms with Crippen LogP contribution in [0.1, 0.15) is 10.7 Å². The molecule has 2 rings (SSSR count). The van der Waals surface area contributed by atoms with Gasteiger partial charge in [0.15, 0.2) is 0 Å². The molecule has 18 heavy (non-hydrogen) atoms. The maximum absolute atomic E-state index is 11.1. The van der Waals surface area contributed by atoms with Gasteiger partial charge in [-0.15, -0.1) is 23.1 Å². The van der Waals surface area contributed by atoms with Crippen LogP contribution >= 0.6 is 23.1 Å². The molecule has 0 aliphatic heterocycles. The summed E-state index contributed by atoms with van der Waals surface area (Å²) in [6.07, 6.45) is 0.253. The molecule has 94 valence electrons. The van der Waals surface area contributed by atoms with E-state index in [2.05, 4.69) is 21.9 Å². The maximum Gasteiger partial charge on any atom is 0.311 e. The molecular formula is C13H13NO2S2. The molecule has 0 amide bonds. The van der Waals surface area contributed by atoms with Gasteiger partial charge in [0.1, 0.15) is 5.01 Å². The van der Waals surface area contributed by atoms with Crippen molar-refractivity contribution in [2.24, 2.45) is 0 Å². The molecule has 1 heterocycles. The highest BCUT2D eigenvalue weighted by Crippen LogP contribution is 2.24. The first-order valence-corrected chi connectivity index (χ1v) is 7.32. The molecule has 0 unspecified atom stereocenters. The minimum atomic E-state index is -0.248. The van der Waals surface area contributed by atoms with E-state index in [9.17, 15) is 4.79 Å². The minimum Gasteiger partial charge on any atom is -0.469 e. The Bertz CT molecular complexity index is 511. The standard InChI is InChI=1S/C13H13NO2S2/c1-16-13(15)7-10-8-18-12(14-10)9-17-11-5-3-2-4-6-11/h2-6,8H,7,9H2,1H3. The second kappa shape index (κ2) is 6.56. The Morgan fingerprint density at radius 2 is 2.17 bits per heavy atom. The molecule has 0 radical (unpaired) electrons. The average molecular weight is 279 g/mol. The van der Waals surface area contributed by atoms with Gasteiger partial charge in [0.2, 0.25) is 0 Å². The molecule has 0 N–H and O–H groups in total. The number of ether oxygens (including phenoxy) is 1. The zero-order valence-electron chi connectivity index (χ0n) is 9.96.